The molecule has 0 radical (unpaired) electrons. The first-order chi connectivity index (χ1) is 9.82. The van der Waals surface area contributed by atoms with Crippen LogP contribution in [-0.4, -0.2) is 7.05 Å². The predicted molar refractivity (Wildman–Crippen MR) is 73.5 cm³/mol. The second kappa shape index (κ2) is 5.85. The normalized spacial score (nSPS) is 13.2. The summed E-state index contributed by atoms with van der Waals surface area (Å²) in [6, 6.07) is 9.22. The zero-order valence-corrected chi connectivity index (χ0v) is 11.6. The first-order valence-corrected chi connectivity index (χ1v) is 6.43. The third kappa shape index (κ3) is 3.42. The first kappa shape index (κ1) is 15.5. The molecule has 0 aliphatic heterocycles. The van der Waals surface area contributed by atoms with Crippen LogP contribution in [0, 0.1) is 12.7 Å². The van der Waals surface area contributed by atoms with E-state index in [1.165, 1.54) is 12.1 Å². The predicted octanol–water partition coefficient (Wildman–Crippen LogP) is 4.46. The fourth-order valence-electron chi connectivity index (χ4n) is 2.21. The molecule has 0 aromatic heterocycles. The fraction of sp³-hybridized carbons (Fsp3) is 0.250. The minimum absolute atomic E-state index is 0.375. The van der Waals surface area contributed by atoms with E-state index in [-0.39, 0.29) is 5.82 Å². The van der Waals surface area contributed by atoms with Crippen LogP contribution in [0.25, 0.3) is 0 Å². The number of benzene rings is 2. The number of rotatable bonds is 3. The molecule has 2 aromatic carbocycles. The van der Waals surface area contributed by atoms with E-state index in [9.17, 15) is 17.6 Å². The van der Waals surface area contributed by atoms with Gasteiger partial charge in [0.05, 0.1) is 11.6 Å². The topological polar surface area (TPSA) is 12.0 Å². The lowest BCUT2D eigenvalue weighted by Crippen LogP contribution is -2.18. The Hall–Kier alpha value is -1.88. The van der Waals surface area contributed by atoms with Crippen molar-refractivity contribution in [2.75, 3.05) is 7.05 Å². The maximum absolute atomic E-state index is 13.7. The van der Waals surface area contributed by atoms with Gasteiger partial charge in [0, 0.05) is 0 Å². The van der Waals surface area contributed by atoms with Crippen molar-refractivity contribution >= 4 is 0 Å². The Morgan fingerprint density at radius 2 is 1.67 bits per heavy atom. The van der Waals surface area contributed by atoms with Gasteiger partial charge < -0.3 is 5.32 Å². The van der Waals surface area contributed by atoms with Crippen molar-refractivity contribution in [1.29, 1.82) is 0 Å². The minimum atomic E-state index is -4.40. The van der Waals surface area contributed by atoms with Gasteiger partial charge in [-0.15, -0.1) is 0 Å². The molecule has 1 unspecified atom stereocenters. The van der Waals surface area contributed by atoms with E-state index in [0.29, 0.717) is 16.7 Å². The highest BCUT2D eigenvalue weighted by molar-refractivity contribution is 5.36. The Balaban J connectivity index is 2.44. The van der Waals surface area contributed by atoms with E-state index in [0.717, 1.165) is 12.1 Å². The Kier molecular flexibility index (Phi) is 4.32. The van der Waals surface area contributed by atoms with Gasteiger partial charge >= 0.3 is 6.18 Å². The van der Waals surface area contributed by atoms with Crippen LogP contribution >= 0.6 is 0 Å². The first-order valence-electron chi connectivity index (χ1n) is 6.43. The van der Waals surface area contributed by atoms with Crippen molar-refractivity contribution < 1.29 is 17.6 Å². The molecule has 21 heavy (non-hydrogen) atoms. The molecule has 2 rings (SSSR count). The van der Waals surface area contributed by atoms with Crippen LogP contribution < -0.4 is 5.32 Å². The smallest absolute Gasteiger partial charge is 0.309 e. The molecule has 0 aliphatic rings. The zero-order valence-electron chi connectivity index (χ0n) is 11.6. The summed E-state index contributed by atoms with van der Waals surface area (Å²) in [5.74, 6) is -0.375. The summed E-state index contributed by atoms with van der Waals surface area (Å²) in [5.41, 5.74) is 0.806. The molecule has 0 spiro atoms. The van der Waals surface area contributed by atoms with Crippen molar-refractivity contribution in [3.8, 4) is 0 Å². The van der Waals surface area contributed by atoms with Crippen LogP contribution in [0.4, 0.5) is 17.6 Å². The molecule has 112 valence electrons. The highest BCUT2D eigenvalue weighted by Gasteiger charge is 2.31. The highest BCUT2D eigenvalue weighted by atomic mass is 19.4. The second-order valence-electron chi connectivity index (χ2n) is 4.85. The second-order valence-corrected chi connectivity index (χ2v) is 4.85. The molecule has 1 atom stereocenters. The monoisotopic (exact) mass is 297 g/mol. The number of aryl methyl sites for hydroxylation is 1. The van der Waals surface area contributed by atoms with Crippen LogP contribution in [-0.2, 0) is 6.18 Å². The summed E-state index contributed by atoms with van der Waals surface area (Å²) in [5, 5.41) is 2.93. The van der Waals surface area contributed by atoms with Gasteiger partial charge in [0.1, 0.15) is 5.82 Å². The van der Waals surface area contributed by atoms with E-state index in [1.807, 2.05) is 0 Å². The Labute approximate surface area is 120 Å². The lowest BCUT2D eigenvalue weighted by atomic mass is 9.96. The van der Waals surface area contributed by atoms with Gasteiger partial charge in [-0.05, 0) is 48.9 Å². The van der Waals surface area contributed by atoms with Gasteiger partial charge in [-0.1, -0.05) is 24.3 Å². The van der Waals surface area contributed by atoms with Crippen molar-refractivity contribution in [3.63, 3.8) is 0 Å². The molecule has 0 bridgehead atoms. The number of hydrogen-bond acceptors (Lipinski definition) is 1. The molecule has 0 heterocycles. The molecule has 5 heteroatoms. The van der Waals surface area contributed by atoms with E-state index < -0.39 is 17.8 Å². The largest absolute Gasteiger partial charge is 0.416 e. The quantitative estimate of drug-likeness (QED) is 0.825. The maximum atomic E-state index is 13.7. The van der Waals surface area contributed by atoms with E-state index in [1.54, 1.807) is 32.2 Å². The molecule has 0 fully saturated rings. The van der Waals surface area contributed by atoms with Gasteiger partial charge in [0.25, 0.3) is 0 Å². The van der Waals surface area contributed by atoms with Crippen LogP contribution in [0.5, 0.6) is 0 Å². The summed E-state index contributed by atoms with van der Waals surface area (Å²) in [4.78, 5) is 0. The van der Waals surface area contributed by atoms with Gasteiger partial charge in [0.2, 0.25) is 0 Å². The lowest BCUT2D eigenvalue weighted by Gasteiger charge is -2.19. The molecule has 0 saturated heterocycles. The van der Waals surface area contributed by atoms with E-state index in [2.05, 4.69) is 5.32 Å². The van der Waals surface area contributed by atoms with E-state index in [4.69, 9.17) is 0 Å². The Bertz CT molecular complexity index is 634. The van der Waals surface area contributed by atoms with Gasteiger partial charge in [-0.2, -0.15) is 13.2 Å². The van der Waals surface area contributed by atoms with Crippen molar-refractivity contribution in [2.45, 2.75) is 19.1 Å². The molecule has 2 aromatic rings. The van der Waals surface area contributed by atoms with E-state index >= 15 is 0 Å². The van der Waals surface area contributed by atoms with Gasteiger partial charge in [-0.3, -0.25) is 0 Å². The maximum Gasteiger partial charge on any atom is 0.416 e. The summed E-state index contributed by atoms with van der Waals surface area (Å²) < 4.78 is 52.0. The average molecular weight is 297 g/mol. The lowest BCUT2D eigenvalue weighted by molar-refractivity contribution is -0.137. The average Bonchev–Trinajstić information content (AvgIpc) is 2.43. The third-order valence-corrected chi connectivity index (χ3v) is 3.37. The Morgan fingerprint density at radius 3 is 2.24 bits per heavy atom. The standard InChI is InChI=1S/C16H15F4N/c1-10-6-7-12(9-14(10)17)15(21-2)11-4-3-5-13(8-11)16(18,19)20/h3-9,15,21H,1-2H3. The minimum Gasteiger partial charge on any atom is -0.309 e. The van der Waals surface area contributed by atoms with Crippen LogP contribution in [0.3, 0.4) is 0 Å². The molecular formula is C16H15F4N. The Morgan fingerprint density at radius 1 is 1.00 bits per heavy atom. The molecule has 0 amide bonds. The number of halogens is 4. The van der Waals surface area contributed by atoms with Gasteiger partial charge in [0.15, 0.2) is 0 Å². The summed E-state index contributed by atoms with van der Waals surface area (Å²) in [7, 11) is 1.63. The van der Waals surface area contributed by atoms with Crippen molar-refractivity contribution in [3.05, 3.63) is 70.5 Å². The van der Waals surface area contributed by atoms with Crippen molar-refractivity contribution in [2.24, 2.45) is 0 Å². The van der Waals surface area contributed by atoms with Crippen LogP contribution in [0.1, 0.15) is 28.3 Å². The fourth-order valence-corrected chi connectivity index (χ4v) is 2.21. The molecule has 0 saturated carbocycles. The summed E-state index contributed by atoms with van der Waals surface area (Å²) in [6.45, 7) is 1.64. The number of hydrogen-bond donors (Lipinski definition) is 1. The highest BCUT2D eigenvalue weighted by Crippen LogP contribution is 2.32. The summed E-state index contributed by atoms with van der Waals surface area (Å²) in [6.07, 6.45) is -4.40. The molecule has 0 aliphatic carbocycles. The van der Waals surface area contributed by atoms with Crippen LogP contribution in [0.15, 0.2) is 42.5 Å². The SMILES string of the molecule is CNC(c1cccc(C(F)(F)F)c1)c1ccc(C)c(F)c1. The van der Waals surface area contributed by atoms with Crippen molar-refractivity contribution in [1.82, 2.24) is 5.32 Å². The van der Waals surface area contributed by atoms with Crippen LogP contribution in [0.2, 0.25) is 0 Å². The number of alkyl halides is 3. The van der Waals surface area contributed by atoms with Gasteiger partial charge in [-0.25, -0.2) is 4.39 Å². The molecular weight excluding hydrogens is 282 g/mol. The summed E-state index contributed by atoms with van der Waals surface area (Å²) >= 11 is 0. The third-order valence-electron chi connectivity index (χ3n) is 3.37. The zero-order chi connectivity index (χ0) is 15.6. The molecule has 1 nitrogen and oxygen atoms in total. The molecule has 1 N–H and O–H groups in total. The number of nitrogens with one attached hydrogen (secondary N) is 1.